The summed E-state index contributed by atoms with van der Waals surface area (Å²) in [6, 6.07) is 25.9. The Bertz CT molecular complexity index is 1300. The fourth-order valence-electron chi connectivity index (χ4n) is 5.87. The molecule has 0 aromatic heterocycles. The van der Waals surface area contributed by atoms with Gasteiger partial charge in [-0.2, -0.15) is 0 Å². The summed E-state index contributed by atoms with van der Waals surface area (Å²) in [7, 11) is 0. The van der Waals surface area contributed by atoms with Gasteiger partial charge in [-0.3, -0.25) is 9.59 Å². The van der Waals surface area contributed by atoms with E-state index in [2.05, 4.69) is 13.2 Å². The Kier molecular flexibility index (Phi) is 6.59. The first kappa shape index (κ1) is 24.8. The van der Waals surface area contributed by atoms with E-state index in [-0.39, 0.29) is 29.4 Å². The van der Waals surface area contributed by atoms with Gasteiger partial charge in [0.2, 0.25) is 0 Å². The Morgan fingerprint density at radius 2 is 1.19 bits per heavy atom. The van der Waals surface area contributed by atoms with Crippen molar-refractivity contribution in [2.75, 3.05) is 0 Å². The fraction of sp³-hybridized carbons (Fsp3) is 0.273. The molecule has 1 aliphatic carbocycles. The van der Waals surface area contributed by atoms with Gasteiger partial charge in [0, 0.05) is 0 Å². The van der Waals surface area contributed by atoms with Crippen molar-refractivity contribution in [3.63, 3.8) is 0 Å². The van der Waals surface area contributed by atoms with Crippen LogP contribution >= 0.6 is 0 Å². The largest absolute Gasteiger partial charge is 0.457 e. The molecule has 0 amide bonds. The number of benzene rings is 3. The van der Waals surface area contributed by atoms with E-state index in [1.54, 1.807) is 6.08 Å². The van der Waals surface area contributed by atoms with E-state index in [0.717, 1.165) is 40.7 Å². The third-order valence-electron chi connectivity index (χ3n) is 7.97. The number of esters is 2. The SMILES string of the molecule is C=Cc1ccc(C2C(=O)OC2(C)c2ccccc2)cc1.C=Cc1ccc(C2C(=O)OC23CCCC3)cc1. The first-order valence-corrected chi connectivity index (χ1v) is 12.9. The lowest BCUT2D eigenvalue weighted by Gasteiger charge is -2.45. The van der Waals surface area contributed by atoms with Crippen LogP contribution in [-0.2, 0) is 24.7 Å². The van der Waals surface area contributed by atoms with Crippen LogP contribution in [-0.4, -0.2) is 17.5 Å². The lowest BCUT2D eigenvalue weighted by molar-refractivity contribution is -0.199. The van der Waals surface area contributed by atoms with Crippen LogP contribution in [0.2, 0.25) is 0 Å². The van der Waals surface area contributed by atoms with Gasteiger partial charge in [0.05, 0.1) is 0 Å². The van der Waals surface area contributed by atoms with Crippen molar-refractivity contribution in [1.82, 2.24) is 0 Å². The number of ether oxygens (including phenoxy) is 2. The lowest BCUT2D eigenvalue weighted by atomic mass is 9.74. The van der Waals surface area contributed by atoms with Crippen LogP contribution < -0.4 is 0 Å². The summed E-state index contributed by atoms with van der Waals surface area (Å²) in [6.07, 6.45) is 8.00. The Labute approximate surface area is 218 Å². The molecule has 4 heteroatoms. The van der Waals surface area contributed by atoms with Gasteiger partial charge in [0.25, 0.3) is 0 Å². The standard InChI is InChI=1S/C18H16O2.C15H16O2/c1-3-13-9-11-14(12-10-13)16-17(19)20-18(16,2)15-7-5-4-6-8-15;1-2-11-5-7-12(8-6-11)13-14(16)17-15(13)9-3-4-10-15/h3-12,16H,1H2,2H3;2,5-8,13H,1,3-4,9-10H2. The lowest BCUT2D eigenvalue weighted by Crippen LogP contribution is -2.53. The van der Waals surface area contributed by atoms with Gasteiger partial charge >= 0.3 is 11.9 Å². The van der Waals surface area contributed by atoms with Gasteiger partial charge in [-0.05, 0) is 60.4 Å². The molecule has 2 aliphatic heterocycles. The van der Waals surface area contributed by atoms with Crippen molar-refractivity contribution in [2.24, 2.45) is 0 Å². The van der Waals surface area contributed by atoms with Crippen molar-refractivity contribution < 1.29 is 19.1 Å². The van der Waals surface area contributed by atoms with E-state index in [1.165, 1.54) is 12.8 Å². The van der Waals surface area contributed by atoms with Gasteiger partial charge < -0.3 is 9.47 Å². The number of carbonyl (C=O) groups excluding carboxylic acids is 2. The second-order valence-corrected chi connectivity index (χ2v) is 10.2. The second kappa shape index (κ2) is 9.85. The topological polar surface area (TPSA) is 52.6 Å². The quantitative estimate of drug-likeness (QED) is 0.354. The zero-order valence-electron chi connectivity index (χ0n) is 21.2. The van der Waals surface area contributed by atoms with Gasteiger partial charge in [-0.25, -0.2) is 0 Å². The van der Waals surface area contributed by atoms with Crippen molar-refractivity contribution in [3.8, 4) is 0 Å². The van der Waals surface area contributed by atoms with Gasteiger partial charge in [0.15, 0.2) is 5.60 Å². The number of rotatable bonds is 5. The maximum atomic E-state index is 11.9. The first-order valence-electron chi connectivity index (χ1n) is 12.9. The molecule has 2 heterocycles. The van der Waals surface area contributed by atoms with E-state index in [1.807, 2.05) is 91.9 Å². The average Bonchev–Trinajstić information content (AvgIpc) is 3.41. The Hall–Kier alpha value is -3.92. The second-order valence-electron chi connectivity index (χ2n) is 10.2. The van der Waals surface area contributed by atoms with E-state index in [0.29, 0.717) is 0 Å². The molecule has 2 saturated heterocycles. The molecule has 1 saturated carbocycles. The molecule has 3 aromatic rings. The normalized spacial score (nSPS) is 25.0. The molecule has 188 valence electrons. The first-order chi connectivity index (χ1) is 17.9. The highest BCUT2D eigenvalue weighted by Crippen LogP contribution is 2.52. The molecule has 3 unspecified atom stereocenters. The van der Waals surface area contributed by atoms with Crippen LogP contribution in [0.3, 0.4) is 0 Å². The predicted molar refractivity (Wildman–Crippen MR) is 146 cm³/mol. The Morgan fingerprint density at radius 1 is 0.703 bits per heavy atom. The molecule has 3 atom stereocenters. The van der Waals surface area contributed by atoms with Crippen molar-refractivity contribution in [2.45, 2.75) is 55.6 Å². The molecule has 37 heavy (non-hydrogen) atoms. The van der Waals surface area contributed by atoms with Crippen molar-refractivity contribution >= 4 is 24.1 Å². The van der Waals surface area contributed by atoms with E-state index in [9.17, 15) is 9.59 Å². The van der Waals surface area contributed by atoms with E-state index >= 15 is 0 Å². The number of hydrogen-bond acceptors (Lipinski definition) is 4. The van der Waals surface area contributed by atoms with Crippen molar-refractivity contribution in [1.29, 1.82) is 0 Å². The minimum atomic E-state index is -0.575. The fourth-order valence-corrected chi connectivity index (χ4v) is 5.87. The molecule has 0 N–H and O–H groups in total. The zero-order chi connectivity index (χ0) is 26.0. The third kappa shape index (κ3) is 4.42. The smallest absolute Gasteiger partial charge is 0.318 e. The zero-order valence-corrected chi connectivity index (χ0v) is 21.2. The van der Waals surface area contributed by atoms with Crippen LogP contribution in [0.1, 0.15) is 72.3 Å². The molecule has 3 aliphatic rings. The summed E-state index contributed by atoms with van der Waals surface area (Å²) < 4.78 is 10.9. The van der Waals surface area contributed by atoms with Crippen LogP contribution in [0.4, 0.5) is 0 Å². The maximum absolute atomic E-state index is 11.9. The summed E-state index contributed by atoms with van der Waals surface area (Å²) in [5.41, 5.74) is 4.48. The molecule has 0 bridgehead atoms. The van der Waals surface area contributed by atoms with Crippen LogP contribution in [0.15, 0.2) is 92.0 Å². The molecule has 4 nitrogen and oxygen atoms in total. The van der Waals surface area contributed by atoms with Gasteiger partial charge in [-0.1, -0.05) is 104 Å². The predicted octanol–water partition coefficient (Wildman–Crippen LogP) is 7.17. The maximum Gasteiger partial charge on any atom is 0.318 e. The summed E-state index contributed by atoms with van der Waals surface area (Å²) in [6.45, 7) is 9.44. The van der Waals surface area contributed by atoms with E-state index in [4.69, 9.17) is 9.47 Å². The molecular formula is C33H32O4. The summed E-state index contributed by atoms with van der Waals surface area (Å²) in [4.78, 5) is 23.6. The van der Waals surface area contributed by atoms with E-state index < -0.39 is 5.60 Å². The van der Waals surface area contributed by atoms with Gasteiger partial charge in [-0.15, -0.1) is 0 Å². The van der Waals surface area contributed by atoms with Crippen molar-refractivity contribution in [3.05, 3.63) is 120 Å². The summed E-state index contributed by atoms with van der Waals surface area (Å²) >= 11 is 0. The Balaban J connectivity index is 0.000000153. The minimum absolute atomic E-state index is 0.0381. The van der Waals surface area contributed by atoms with Gasteiger partial charge in [0.1, 0.15) is 17.4 Å². The number of cyclic esters (lactones) is 1. The molecule has 3 fully saturated rings. The molecule has 0 radical (unpaired) electrons. The van der Waals surface area contributed by atoms with Crippen LogP contribution in [0.5, 0.6) is 0 Å². The molecule has 3 aromatic carbocycles. The number of carbonyl (C=O) groups is 2. The Morgan fingerprint density at radius 3 is 1.65 bits per heavy atom. The molecule has 6 rings (SSSR count). The highest BCUT2D eigenvalue weighted by atomic mass is 16.6. The highest BCUT2D eigenvalue weighted by Gasteiger charge is 2.58. The molecular weight excluding hydrogens is 460 g/mol. The van der Waals surface area contributed by atoms with Crippen LogP contribution in [0.25, 0.3) is 12.2 Å². The molecule has 1 spiro atoms. The monoisotopic (exact) mass is 492 g/mol. The third-order valence-corrected chi connectivity index (χ3v) is 7.97. The highest BCUT2D eigenvalue weighted by molar-refractivity contribution is 5.87. The minimum Gasteiger partial charge on any atom is -0.457 e. The summed E-state index contributed by atoms with van der Waals surface area (Å²) in [5, 5.41) is 0. The average molecular weight is 493 g/mol. The summed E-state index contributed by atoms with van der Waals surface area (Å²) in [5.74, 6) is -0.506. The number of hydrogen-bond donors (Lipinski definition) is 0. The van der Waals surface area contributed by atoms with Crippen LogP contribution in [0, 0.1) is 0 Å².